The van der Waals surface area contributed by atoms with Gasteiger partial charge in [0.25, 0.3) is 5.56 Å². The second-order valence-electron chi connectivity index (χ2n) is 5.53. The van der Waals surface area contributed by atoms with E-state index in [0.29, 0.717) is 10.5 Å². The predicted octanol–water partition coefficient (Wildman–Crippen LogP) is 2.93. The Morgan fingerprint density at radius 1 is 1.25 bits per heavy atom. The van der Waals surface area contributed by atoms with Crippen molar-refractivity contribution in [3.05, 3.63) is 75.8 Å². The Kier molecular flexibility index (Phi) is 4.62. The third-order valence-electron chi connectivity index (χ3n) is 3.80. The van der Waals surface area contributed by atoms with E-state index in [4.69, 9.17) is 11.6 Å². The minimum Gasteiger partial charge on any atom is -0.348 e. The second kappa shape index (κ2) is 6.84. The van der Waals surface area contributed by atoms with E-state index in [0.717, 1.165) is 10.9 Å². The molecule has 6 heteroatoms. The second-order valence-corrected chi connectivity index (χ2v) is 5.97. The number of nitrogens with one attached hydrogen (secondary N) is 1. The van der Waals surface area contributed by atoms with Gasteiger partial charge in [0.1, 0.15) is 12.1 Å². The van der Waals surface area contributed by atoms with Crippen molar-refractivity contribution in [2.75, 3.05) is 0 Å². The number of carbonyl (C=O) groups is 1. The Balaban J connectivity index is 1.74. The minimum atomic E-state index is -0.276. The molecule has 24 heavy (non-hydrogen) atoms. The molecule has 3 rings (SSSR count). The summed E-state index contributed by atoms with van der Waals surface area (Å²) in [6.45, 7) is 1.83. The maximum absolute atomic E-state index is 12.4. The summed E-state index contributed by atoms with van der Waals surface area (Å²) < 4.78 is 1.36. The molecule has 0 saturated carbocycles. The number of halogens is 1. The van der Waals surface area contributed by atoms with E-state index in [1.54, 1.807) is 36.7 Å². The van der Waals surface area contributed by atoms with Gasteiger partial charge in [-0.25, -0.2) is 0 Å². The number of amides is 1. The van der Waals surface area contributed by atoms with Crippen LogP contribution in [-0.4, -0.2) is 15.5 Å². The molecule has 0 aliphatic heterocycles. The van der Waals surface area contributed by atoms with Crippen molar-refractivity contribution >= 4 is 28.4 Å². The number of carbonyl (C=O) groups excluding carboxylic acids is 1. The molecule has 1 aromatic carbocycles. The Morgan fingerprint density at radius 3 is 2.75 bits per heavy atom. The normalized spacial score (nSPS) is 12.1. The highest BCUT2D eigenvalue weighted by molar-refractivity contribution is 6.30. The number of hydrogen-bond donors (Lipinski definition) is 1. The number of hydrogen-bond acceptors (Lipinski definition) is 3. The molecule has 0 unspecified atom stereocenters. The molecule has 2 heterocycles. The molecule has 0 fully saturated rings. The van der Waals surface area contributed by atoms with Gasteiger partial charge in [0, 0.05) is 22.8 Å². The van der Waals surface area contributed by atoms with Crippen LogP contribution in [0.4, 0.5) is 0 Å². The van der Waals surface area contributed by atoms with E-state index in [1.165, 1.54) is 4.57 Å². The zero-order chi connectivity index (χ0) is 17.1. The Labute approximate surface area is 143 Å². The Bertz CT molecular complexity index is 935. The maximum atomic E-state index is 12.4. The van der Waals surface area contributed by atoms with Crippen LogP contribution >= 0.6 is 11.6 Å². The molecule has 2 aromatic heterocycles. The first kappa shape index (κ1) is 16.2. The highest BCUT2D eigenvalue weighted by atomic mass is 35.5. The average molecular weight is 342 g/mol. The number of pyridine rings is 2. The fraction of sp³-hybridized carbons (Fsp3) is 0.167. The van der Waals surface area contributed by atoms with E-state index in [-0.39, 0.29) is 24.1 Å². The summed E-state index contributed by atoms with van der Waals surface area (Å²) in [5.74, 6) is -0.241. The molecule has 0 spiro atoms. The molecule has 0 aliphatic carbocycles. The minimum absolute atomic E-state index is 0.0523. The largest absolute Gasteiger partial charge is 0.348 e. The van der Waals surface area contributed by atoms with Crippen LogP contribution in [0.15, 0.2) is 59.7 Å². The lowest BCUT2D eigenvalue weighted by atomic mass is 10.1. The van der Waals surface area contributed by atoms with Crippen molar-refractivity contribution < 1.29 is 4.79 Å². The van der Waals surface area contributed by atoms with Crippen molar-refractivity contribution in [3.8, 4) is 0 Å². The summed E-state index contributed by atoms with van der Waals surface area (Å²) >= 11 is 5.86. The zero-order valence-electron chi connectivity index (χ0n) is 13.1. The molecule has 1 atom stereocenters. The lowest BCUT2D eigenvalue weighted by molar-refractivity contribution is -0.122. The molecule has 5 nitrogen and oxygen atoms in total. The number of aromatic nitrogens is 2. The fourth-order valence-corrected chi connectivity index (χ4v) is 2.63. The summed E-state index contributed by atoms with van der Waals surface area (Å²) in [6, 6.07) is 12.5. The lowest BCUT2D eigenvalue weighted by Crippen LogP contribution is -2.33. The molecule has 0 bridgehead atoms. The molecule has 0 radical (unpaired) electrons. The van der Waals surface area contributed by atoms with E-state index < -0.39 is 0 Å². The van der Waals surface area contributed by atoms with Gasteiger partial charge in [-0.3, -0.25) is 14.6 Å². The van der Waals surface area contributed by atoms with E-state index in [2.05, 4.69) is 10.3 Å². The summed E-state index contributed by atoms with van der Waals surface area (Å²) in [4.78, 5) is 28.7. The topological polar surface area (TPSA) is 64.0 Å². The molecule has 0 saturated heterocycles. The highest BCUT2D eigenvalue weighted by Crippen LogP contribution is 2.16. The van der Waals surface area contributed by atoms with Crippen molar-refractivity contribution in [3.63, 3.8) is 0 Å². The van der Waals surface area contributed by atoms with Crippen molar-refractivity contribution in [1.82, 2.24) is 14.9 Å². The number of fused-ring (bicyclic) bond motifs is 1. The van der Waals surface area contributed by atoms with Crippen LogP contribution < -0.4 is 10.9 Å². The summed E-state index contributed by atoms with van der Waals surface area (Å²) in [5.41, 5.74) is 1.03. The van der Waals surface area contributed by atoms with Crippen LogP contribution in [0.5, 0.6) is 0 Å². The Morgan fingerprint density at radius 2 is 2.00 bits per heavy atom. The molecular weight excluding hydrogens is 326 g/mol. The van der Waals surface area contributed by atoms with Gasteiger partial charge in [0.15, 0.2) is 0 Å². The molecule has 1 amide bonds. The SMILES string of the molecule is C[C@H](NC(=O)Cn1ccc2cccnc2c1=O)c1ccc(Cl)cc1. The maximum Gasteiger partial charge on any atom is 0.277 e. The van der Waals surface area contributed by atoms with Gasteiger partial charge < -0.3 is 9.88 Å². The standard InChI is InChI=1S/C18H16ClN3O2/c1-12(13-4-6-15(19)7-5-13)21-16(23)11-22-10-8-14-3-2-9-20-17(14)18(22)24/h2-10,12H,11H2,1H3,(H,21,23)/t12-/m0/s1. The quantitative estimate of drug-likeness (QED) is 0.793. The molecule has 3 aromatic rings. The van der Waals surface area contributed by atoms with Crippen molar-refractivity contribution in [1.29, 1.82) is 0 Å². The van der Waals surface area contributed by atoms with Gasteiger partial charge in [-0.05, 0) is 36.8 Å². The van der Waals surface area contributed by atoms with Gasteiger partial charge in [0.2, 0.25) is 5.91 Å². The smallest absolute Gasteiger partial charge is 0.277 e. The van der Waals surface area contributed by atoms with Crippen LogP contribution in [0.25, 0.3) is 10.9 Å². The zero-order valence-corrected chi connectivity index (χ0v) is 13.8. The number of benzene rings is 1. The van der Waals surface area contributed by atoms with Crippen LogP contribution in [0, 0.1) is 0 Å². The monoisotopic (exact) mass is 341 g/mol. The lowest BCUT2D eigenvalue weighted by Gasteiger charge is -2.15. The Hall–Kier alpha value is -2.66. The predicted molar refractivity (Wildman–Crippen MR) is 94.0 cm³/mol. The fourth-order valence-electron chi connectivity index (χ4n) is 2.51. The average Bonchev–Trinajstić information content (AvgIpc) is 2.58. The summed E-state index contributed by atoms with van der Waals surface area (Å²) in [7, 11) is 0. The van der Waals surface area contributed by atoms with Crippen molar-refractivity contribution in [2.45, 2.75) is 19.5 Å². The summed E-state index contributed by atoms with van der Waals surface area (Å²) in [6.07, 6.45) is 3.18. The van der Waals surface area contributed by atoms with E-state index in [9.17, 15) is 9.59 Å². The van der Waals surface area contributed by atoms with Gasteiger partial charge in [-0.1, -0.05) is 29.8 Å². The van der Waals surface area contributed by atoms with Crippen LogP contribution in [0.2, 0.25) is 5.02 Å². The third-order valence-corrected chi connectivity index (χ3v) is 4.05. The highest BCUT2D eigenvalue weighted by Gasteiger charge is 2.12. The number of rotatable bonds is 4. The first-order chi connectivity index (χ1) is 11.5. The first-order valence-electron chi connectivity index (χ1n) is 7.53. The van der Waals surface area contributed by atoms with Gasteiger partial charge in [-0.2, -0.15) is 0 Å². The molecule has 1 N–H and O–H groups in total. The van der Waals surface area contributed by atoms with E-state index in [1.807, 2.05) is 25.1 Å². The molecular formula is C18H16ClN3O2. The van der Waals surface area contributed by atoms with Crippen LogP contribution in [-0.2, 0) is 11.3 Å². The summed E-state index contributed by atoms with van der Waals surface area (Å²) in [5, 5.41) is 4.28. The molecule has 122 valence electrons. The van der Waals surface area contributed by atoms with Gasteiger partial charge in [0.05, 0.1) is 6.04 Å². The first-order valence-corrected chi connectivity index (χ1v) is 7.91. The van der Waals surface area contributed by atoms with E-state index >= 15 is 0 Å². The van der Waals surface area contributed by atoms with Gasteiger partial charge in [-0.15, -0.1) is 0 Å². The van der Waals surface area contributed by atoms with Crippen LogP contribution in [0.3, 0.4) is 0 Å². The van der Waals surface area contributed by atoms with Crippen LogP contribution in [0.1, 0.15) is 18.5 Å². The number of nitrogens with zero attached hydrogens (tertiary/aromatic N) is 2. The van der Waals surface area contributed by atoms with Crippen molar-refractivity contribution in [2.24, 2.45) is 0 Å². The molecule has 0 aliphatic rings. The third kappa shape index (κ3) is 3.46. The van der Waals surface area contributed by atoms with Gasteiger partial charge >= 0.3 is 0 Å².